The average molecular weight is 432 g/mol. The number of alkyl halides is 2. The van der Waals surface area contributed by atoms with Gasteiger partial charge in [-0.05, 0) is 12.1 Å². The summed E-state index contributed by atoms with van der Waals surface area (Å²) in [6.45, 7) is 2.42. The lowest BCUT2D eigenvalue weighted by atomic mass is 10.3. The van der Waals surface area contributed by atoms with Crippen molar-refractivity contribution in [2.75, 3.05) is 50.1 Å². The molecule has 31 heavy (non-hydrogen) atoms. The number of para-hydroxylation sites is 2. The number of nitrogens with one attached hydrogen (secondary N) is 2. The first-order chi connectivity index (χ1) is 15.1. The zero-order valence-electron chi connectivity index (χ0n) is 16.9. The Morgan fingerprint density at radius 1 is 1.13 bits per heavy atom. The lowest BCUT2D eigenvalue weighted by Gasteiger charge is -2.27. The van der Waals surface area contributed by atoms with Gasteiger partial charge in [0.1, 0.15) is 0 Å². The van der Waals surface area contributed by atoms with Crippen molar-refractivity contribution in [2.45, 2.75) is 12.8 Å². The highest BCUT2D eigenvalue weighted by Gasteiger charge is 2.24. The van der Waals surface area contributed by atoms with E-state index in [1.54, 1.807) is 31.3 Å². The molecule has 0 bridgehead atoms. The molecule has 12 heteroatoms. The second kappa shape index (κ2) is 9.16. The molecule has 164 valence electrons. The van der Waals surface area contributed by atoms with Gasteiger partial charge >= 0.3 is 0 Å². The Balaban J connectivity index is 1.77. The Morgan fingerprint density at radius 3 is 2.61 bits per heavy atom. The quantitative estimate of drug-likeness (QED) is 0.579. The number of amides is 1. The van der Waals surface area contributed by atoms with Gasteiger partial charge in [0.15, 0.2) is 5.82 Å². The third kappa shape index (κ3) is 4.53. The van der Waals surface area contributed by atoms with E-state index in [0.717, 1.165) is 0 Å². The zero-order valence-corrected chi connectivity index (χ0v) is 16.9. The third-order valence-electron chi connectivity index (χ3n) is 4.80. The van der Waals surface area contributed by atoms with Crippen LogP contribution in [0.1, 0.15) is 18.7 Å². The van der Waals surface area contributed by atoms with Crippen molar-refractivity contribution in [3.05, 3.63) is 30.1 Å². The number of rotatable bonds is 7. The average Bonchev–Trinajstić information content (AvgIpc) is 3.19. The number of nitrogens with zero attached hydrogens (tertiary/aromatic N) is 6. The molecule has 0 radical (unpaired) electrons. The van der Waals surface area contributed by atoms with Crippen LogP contribution in [0.2, 0.25) is 0 Å². The summed E-state index contributed by atoms with van der Waals surface area (Å²) in [5.41, 5.74) is 0.883. The number of morpholine rings is 1. The van der Waals surface area contributed by atoms with Gasteiger partial charge in [-0.3, -0.25) is 9.36 Å². The van der Waals surface area contributed by atoms with Gasteiger partial charge in [0, 0.05) is 33.1 Å². The number of fused-ring (bicyclic) bond motifs is 1. The Labute approximate surface area is 176 Å². The van der Waals surface area contributed by atoms with E-state index in [9.17, 15) is 13.6 Å². The summed E-state index contributed by atoms with van der Waals surface area (Å²) in [6, 6.07) is 6.81. The van der Waals surface area contributed by atoms with Crippen molar-refractivity contribution in [1.82, 2.24) is 29.8 Å². The second-order valence-electron chi connectivity index (χ2n) is 6.80. The number of halogens is 2. The summed E-state index contributed by atoms with van der Waals surface area (Å²) in [7, 11) is 1.55. The van der Waals surface area contributed by atoms with E-state index in [4.69, 9.17) is 4.74 Å². The SMILES string of the molecule is CNC(=O)CCNc1nc(N2CCOCC2)nc(-n2c(C(F)F)nc3ccccc32)n1. The second-order valence-corrected chi connectivity index (χ2v) is 6.80. The molecule has 2 aromatic heterocycles. The van der Waals surface area contributed by atoms with E-state index in [1.165, 1.54) is 4.57 Å². The predicted molar refractivity (Wildman–Crippen MR) is 110 cm³/mol. The van der Waals surface area contributed by atoms with Crippen molar-refractivity contribution in [3.8, 4) is 5.95 Å². The fourth-order valence-electron chi connectivity index (χ4n) is 3.25. The summed E-state index contributed by atoms with van der Waals surface area (Å²) in [6.07, 6.45) is -2.61. The molecule has 0 unspecified atom stereocenters. The predicted octanol–water partition coefficient (Wildman–Crippen LogP) is 1.53. The Kier molecular flexibility index (Phi) is 6.16. The van der Waals surface area contributed by atoms with Gasteiger partial charge in [0.2, 0.25) is 23.8 Å². The summed E-state index contributed by atoms with van der Waals surface area (Å²) in [4.78, 5) is 30.7. The normalized spacial score (nSPS) is 14.3. The highest BCUT2D eigenvalue weighted by Crippen LogP contribution is 2.27. The minimum absolute atomic E-state index is 0.0305. The van der Waals surface area contributed by atoms with Gasteiger partial charge in [0.25, 0.3) is 6.43 Å². The number of carbonyl (C=O) groups is 1. The standard InChI is InChI=1S/C19H22F2N8O2/c1-22-14(30)6-7-23-17-25-18(28-8-10-31-11-9-28)27-19(26-17)29-13-5-3-2-4-12(13)24-16(29)15(20)21/h2-5,15H,6-11H2,1H3,(H,22,30)(H,23,25,26,27). The minimum Gasteiger partial charge on any atom is -0.378 e. The van der Waals surface area contributed by atoms with E-state index in [-0.39, 0.29) is 30.8 Å². The summed E-state index contributed by atoms with van der Waals surface area (Å²) >= 11 is 0. The maximum absolute atomic E-state index is 13.8. The van der Waals surface area contributed by atoms with Crippen LogP contribution in [0.25, 0.3) is 17.0 Å². The minimum atomic E-state index is -2.82. The molecule has 4 rings (SSSR count). The number of ether oxygens (including phenoxy) is 1. The summed E-state index contributed by atoms with van der Waals surface area (Å²) in [5, 5.41) is 5.52. The van der Waals surface area contributed by atoms with Gasteiger partial charge in [-0.1, -0.05) is 12.1 Å². The molecule has 1 aliphatic heterocycles. The van der Waals surface area contributed by atoms with Crippen LogP contribution in [0.4, 0.5) is 20.7 Å². The number of aromatic nitrogens is 5. The Bertz CT molecular complexity index is 1070. The largest absolute Gasteiger partial charge is 0.378 e. The first kappa shape index (κ1) is 20.8. The molecule has 1 fully saturated rings. The monoisotopic (exact) mass is 432 g/mol. The number of hydrogen-bond acceptors (Lipinski definition) is 8. The van der Waals surface area contributed by atoms with Crippen molar-refractivity contribution >= 4 is 28.8 Å². The molecule has 10 nitrogen and oxygen atoms in total. The van der Waals surface area contributed by atoms with Gasteiger partial charge in [0.05, 0.1) is 24.2 Å². The zero-order chi connectivity index (χ0) is 21.8. The molecule has 1 aromatic carbocycles. The molecule has 0 atom stereocenters. The van der Waals surface area contributed by atoms with Crippen LogP contribution in [0.5, 0.6) is 0 Å². The van der Waals surface area contributed by atoms with Crippen LogP contribution in [-0.2, 0) is 9.53 Å². The van der Waals surface area contributed by atoms with Crippen molar-refractivity contribution in [1.29, 1.82) is 0 Å². The number of imidazole rings is 1. The van der Waals surface area contributed by atoms with Crippen LogP contribution >= 0.6 is 0 Å². The maximum Gasteiger partial charge on any atom is 0.296 e. The van der Waals surface area contributed by atoms with E-state index in [2.05, 4.69) is 30.6 Å². The van der Waals surface area contributed by atoms with E-state index >= 15 is 0 Å². The highest BCUT2D eigenvalue weighted by molar-refractivity contribution is 5.78. The van der Waals surface area contributed by atoms with Crippen molar-refractivity contribution < 1.29 is 18.3 Å². The van der Waals surface area contributed by atoms with Gasteiger partial charge in [-0.15, -0.1) is 0 Å². The summed E-state index contributed by atoms with van der Waals surface area (Å²) < 4.78 is 34.2. The van der Waals surface area contributed by atoms with Crippen molar-refractivity contribution in [2.24, 2.45) is 0 Å². The summed E-state index contributed by atoms with van der Waals surface area (Å²) in [5.74, 6) is -0.0301. The van der Waals surface area contributed by atoms with Crippen LogP contribution in [0, 0.1) is 0 Å². The van der Waals surface area contributed by atoms with Gasteiger partial charge in [-0.25, -0.2) is 13.8 Å². The van der Waals surface area contributed by atoms with Crippen LogP contribution in [0.3, 0.4) is 0 Å². The molecule has 0 saturated carbocycles. The smallest absolute Gasteiger partial charge is 0.296 e. The number of carbonyl (C=O) groups excluding carboxylic acids is 1. The van der Waals surface area contributed by atoms with Crippen LogP contribution in [0.15, 0.2) is 24.3 Å². The fraction of sp³-hybridized carbons (Fsp3) is 0.421. The number of anilines is 2. The molecule has 0 spiro atoms. The Morgan fingerprint density at radius 2 is 1.87 bits per heavy atom. The van der Waals surface area contributed by atoms with Crippen LogP contribution < -0.4 is 15.5 Å². The van der Waals surface area contributed by atoms with E-state index in [0.29, 0.717) is 43.3 Å². The molecule has 1 amide bonds. The van der Waals surface area contributed by atoms with Gasteiger partial charge in [-0.2, -0.15) is 15.0 Å². The van der Waals surface area contributed by atoms with Crippen molar-refractivity contribution in [3.63, 3.8) is 0 Å². The molecular formula is C19H22F2N8O2. The fourth-order valence-corrected chi connectivity index (χ4v) is 3.25. The molecular weight excluding hydrogens is 410 g/mol. The molecule has 1 aliphatic rings. The van der Waals surface area contributed by atoms with E-state index in [1.807, 2.05) is 4.90 Å². The van der Waals surface area contributed by atoms with Crippen LogP contribution in [-0.4, -0.2) is 70.3 Å². The first-order valence-electron chi connectivity index (χ1n) is 9.86. The van der Waals surface area contributed by atoms with E-state index < -0.39 is 12.2 Å². The Hall–Kier alpha value is -3.41. The molecule has 3 heterocycles. The number of hydrogen-bond donors (Lipinski definition) is 2. The lowest BCUT2D eigenvalue weighted by molar-refractivity contribution is -0.120. The number of benzene rings is 1. The maximum atomic E-state index is 13.8. The molecule has 3 aromatic rings. The topological polar surface area (TPSA) is 110 Å². The highest BCUT2D eigenvalue weighted by atomic mass is 19.3. The lowest BCUT2D eigenvalue weighted by Crippen LogP contribution is -2.37. The molecule has 2 N–H and O–H groups in total. The molecule has 1 saturated heterocycles. The first-order valence-corrected chi connectivity index (χ1v) is 9.86. The van der Waals surface area contributed by atoms with Gasteiger partial charge < -0.3 is 20.3 Å². The molecule has 0 aliphatic carbocycles. The third-order valence-corrected chi connectivity index (χ3v) is 4.80.